The molecule has 2 heteroatoms. The molecule has 0 aliphatic rings. The third-order valence-electron chi connectivity index (χ3n) is 1.83. The Morgan fingerprint density at radius 2 is 1.77 bits per heavy atom. The van der Waals surface area contributed by atoms with Gasteiger partial charge in [0.15, 0.2) is 0 Å². The third kappa shape index (κ3) is 1.83. The van der Waals surface area contributed by atoms with Gasteiger partial charge in [0.25, 0.3) is 0 Å². The first kappa shape index (κ1) is 8.57. The van der Waals surface area contributed by atoms with Gasteiger partial charge in [-0.15, -0.1) is 0 Å². The fourth-order valence-corrected chi connectivity index (χ4v) is 1.44. The number of hydrogen-bond donors (Lipinski definition) is 0. The molecule has 1 heterocycles. The minimum atomic E-state index is 0.693. The van der Waals surface area contributed by atoms with Gasteiger partial charge in [0, 0.05) is 17.0 Å². The number of benzene rings is 1. The highest BCUT2D eigenvalue weighted by molar-refractivity contribution is 9.10. The molecule has 0 bridgehead atoms. The Morgan fingerprint density at radius 1 is 1.08 bits per heavy atom. The molecule has 65 valence electrons. The summed E-state index contributed by atoms with van der Waals surface area (Å²) >= 11 is 3.39. The summed E-state index contributed by atoms with van der Waals surface area (Å²) in [5, 5.41) is 0. The molecule has 0 fully saturated rings. The van der Waals surface area contributed by atoms with E-state index in [0.717, 1.165) is 15.6 Å². The Hall–Kier alpha value is -1.02. The maximum absolute atomic E-state index is 5.13. The average molecular weight is 236 g/mol. The van der Waals surface area contributed by atoms with Crippen LogP contribution in [0.25, 0.3) is 11.1 Å². The van der Waals surface area contributed by atoms with E-state index in [9.17, 15) is 0 Å². The normalized spacial score (nSPS) is 10.3. The van der Waals surface area contributed by atoms with Crippen LogP contribution in [-0.2, 0) is 0 Å². The van der Waals surface area contributed by atoms with Crippen molar-refractivity contribution in [2.75, 3.05) is 0 Å². The fourth-order valence-electron chi connectivity index (χ4n) is 1.17. The maximum atomic E-state index is 5.13. The molecule has 0 unspecified atom stereocenters. The molecule has 2 aromatic rings. The van der Waals surface area contributed by atoms with Crippen molar-refractivity contribution in [2.24, 2.45) is 0 Å². The molecule has 0 saturated heterocycles. The quantitative estimate of drug-likeness (QED) is 0.731. The van der Waals surface area contributed by atoms with E-state index in [4.69, 9.17) is 4.42 Å². The van der Waals surface area contributed by atoms with Gasteiger partial charge in [-0.3, -0.25) is 0 Å². The van der Waals surface area contributed by atoms with Gasteiger partial charge in [-0.25, -0.2) is 0 Å². The summed E-state index contributed by atoms with van der Waals surface area (Å²) in [6.07, 6.45) is 1.71. The van der Waals surface area contributed by atoms with Crippen molar-refractivity contribution in [1.29, 1.82) is 0 Å². The van der Waals surface area contributed by atoms with Crippen LogP contribution in [0, 0.1) is 6.92 Å². The van der Waals surface area contributed by atoms with E-state index in [1.807, 2.05) is 30.3 Å². The van der Waals surface area contributed by atoms with Crippen molar-refractivity contribution in [2.45, 2.75) is 0 Å². The Labute approximate surface area is 85.5 Å². The summed E-state index contributed by atoms with van der Waals surface area (Å²) in [4.78, 5) is 0. The first-order valence-electron chi connectivity index (χ1n) is 3.92. The summed E-state index contributed by atoms with van der Waals surface area (Å²) < 4.78 is 6.20. The standard InChI is InChI=1S/C11H8BrO/c1-8-6-10(7-13-8)9-2-4-11(12)5-3-9/h2-7H,1H2. The maximum Gasteiger partial charge on any atom is 0.104 e. The lowest BCUT2D eigenvalue weighted by Gasteiger charge is -1.95. The van der Waals surface area contributed by atoms with Crippen LogP contribution in [0.3, 0.4) is 0 Å². The number of hydrogen-bond acceptors (Lipinski definition) is 1. The second kappa shape index (κ2) is 3.38. The monoisotopic (exact) mass is 235 g/mol. The van der Waals surface area contributed by atoms with E-state index >= 15 is 0 Å². The Kier molecular flexibility index (Phi) is 2.23. The van der Waals surface area contributed by atoms with Crippen LogP contribution in [0.1, 0.15) is 5.76 Å². The summed E-state index contributed by atoms with van der Waals surface area (Å²) in [6, 6.07) is 10.0. The highest BCUT2D eigenvalue weighted by atomic mass is 79.9. The SMILES string of the molecule is [CH2]c1cc(-c2ccc(Br)cc2)co1. The summed E-state index contributed by atoms with van der Waals surface area (Å²) in [5.74, 6) is 0.693. The zero-order chi connectivity index (χ0) is 9.26. The molecule has 0 aliphatic carbocycles. The van der Waals surface area contributed by atoms with Crippen LogP contribution < -0.4 is 0 Å². The van der Waals surface area contributed by atoms with E-state index < -0.39 is 0 Å². The molecule has 0 aliphatic heterocycles. The largest absolute Gasteiger partial charge is 0.469 e. The molecule has 1 nitrogen and oxygen atoms in total. The third-order valence-corrected chi connectivity index (χ3v) is 2.36. The van der Waals surface area contributed by atoms with Gasteiger partial charge in [-0.1, -0.05) is 28.1 Å². The predicted octanol–water partition coefficient (Wildman–Crippen LogP) is 3.89. The van der Waals surface area contributed by atoms with Crippen LogP contribution >= 0.6 is 15.9 Å². The van der Waals surface area contributed by atoms with E-state index in [0.29, 0.717) is 5.76 Å². The van der Waals surface area contributed by atoms with Crippen molar-refractivity contribution in [3.63, 3.8) is 0 Å². The minimum absolute atomic E-state index is 0.693. The highest BCUT2D eigenvalue weighted by Gasteiger charge is 2.00. The molecule has 0 N–H and O–H groups in total. The lowest BCUT2D eigenvalue weighted by molar-refractivity contribution is 0.549. The van der Waals surface area contributed by atoms with Gasteiger partial charge < -0.3 is 4.42 Å². The van der Waals surface area contributed by atoms with Gasteiger partial charge in [-0.2, -0.15) is 0 Å². The molecular weight excluding hydrogens is 228 g/mol. The molecule has 0 amide bonds. The predicted molar refractivity (Wildman–Crippen MR) is 56.3 cm³/mol. The highest BCUT2D eigenvalue weighted by Crippen LogP contribution is 2.23. The van der Waals surface area contributed by atoms with E-state index in [-0.39, 0.29) is 0 Å². The smallest absolute Gasteiger partial charge is 0.104 e. The Morgan fingerprint density at radius 3 is 2.31 bits per heavy atom. The Balaban J connectivity index is 2.41. The van der Waals surface area contributed by atoms with Gasteiger partial charge in [0.1, 0.15) is 5.76 Å². The molecule has 0 spiro atoms. The van der Waals surface area contributed by atoms with Crippen LogP contribution in [0.5, 0.6) is 0 Å². The number of furan rings is 1. The number of halogens is 1. The lowest BCUT2D eigenvalue weighted by Crippen LogP contribution is -1.71. The van der Waals surface area contributed by atoms with Crippen LogP contribution in [0.4, 0.5) is 0 Å². The lowest BCUT2D eigenvalue weighted by atomic mass is 10.1. The van der Waals surface area contributed by atoms with Crippen LogP contribution in [0.2, 0.25) is 0 Å². The molecule has 1 aromatic heterocycles. The van der Waals surface area contributed by atoms with Crippen molar-refractivity contribution < 1.29 is 4.42 Å². The first-order chi connectivity index (χ1) is 6.25. The van der Waals surface area contributed by atoms with Crippen molar-refractivity contribution in [3.05, 3.63) is 53.8 Å². The van der Waals surface area contributed by atoms with Gasteiger partial charge in [0.2, 0.25) is 0 Å². The molecule has 1 aromatic carbocycles. The molecular formula is C11H8BrO. The molecule has 0 atom stereocenters. The van der Waals surface area contributed by atoms with Crippen molar-refractivity contribution in [1.82, 2.24) is 0 Å². The summed E-state index contributed by atoms with van der Waals surface area (Å²) in [6.45, 7) is 3.71. The van der Waals surface area contributed by atoms with Gasteiger partial charge in [0.05, 0.1) is 6.26 Å². The van der Waals surface area contributed by atoms with Crippen LogP contribution in [0.15, 0.2) is 45.5 Å². The van der Waals surface area contributed by atoms with Crippen LogP contribution in [-0.4, -0.2) is 0 Å². The van der Waals surface area contributed by atoms with E-state index in [1.165, 1.54) is 0 Å². The van der Waals surface area contributed by atoms with E-state index in [1.54, 1.807) is 6.26 Å². The Bertz CT molecular complexity index is 400. The first-order valence-corrected chi connectivity index (χ1v) is 4.71. The summed E-state index contributed by atoms with van der Waals surface area (Å²) in [7, 11) is 0. The average Bonchev–Trinajstić information content (AvgIpc) is 2.53. The molecule has 2 rings (SSSR count). The minimum Gasteiger partial charge on any atom is -0.469 e. The number of rotatable bonds is 1. The molecule has 0 saturated carbocycles. The second-order valence-corrected chi connectivity index (χ2v) is 3.72. The second-order valence-electron chi connectivity index (χ2n) is 2.81. The molecule has 1 radical (unpaired) electrons. The topological polar surface area (TPSA) is 13.1 Å². The van der Waals surface area contributed by atoms with Gasteiger partial charge >= 0.3 is 0 Å². The zero-order valence-corrected chi connectivity index (χ0v) is 8.54. The summed E-state index contributed by atoms with van der Waals surface area (Å²) in [5.41, 5.74) is 2.21. The van der Waals surface area contributed by atoms with Gasteiger partial charge in [-0.05, 0) is 23.8 Å². The van der Waals surface area contributed by atoms with Crippen molar-refractivity contribution in [3.8, 4) is 11.1 Å². The molecule has 13 heavy (non-hydrogen) atoms. The van der Waals surface area contributed by atoms with Crippen molar-refractivity contribution >= 4 is 15.9 Å². The fraction of sp³-hybridized carbons (Fsp3) is 0. The zero-order valence-electron chi connectivity index (χ0n) is 6.96. The van der Waals surface area contributed by atoms with E-state index in [2.05, 4.69) is 22.9 Å².